The molecular formula is C13H21N3O3S. The van der Waals surface area contributed by atoms with E-state index in [1.807, 2.05) is 0 Å². The third-order valence-corrected chi connectivity index (χ3v) is 4.81. The van der Waals surface area contributed by atoms with Gasteiger partial charge in [-0.3, -0.25) is 0 Å². The molecule has 1 aliphatic rings. The summed E-state index contributed by atoms with van der Waals surface area (Å²) in [5.74, 6) is 0. The molecule has 0 saturated carbocycles. The Balaban J connectivity index is 2.02. The number of nitrogens with two attached hydrogens (primary N) is 1. The molecular weight excluding hydrogens is 278 g/mol. The Kier molecular flexibility index (Phi) is 4.85. The molecule has 6 nitrogen and oxygen atoms in total. The molecule has 7 heteroatoms. The van der Waals surface area contributed by atoms with E-state index in [9.17, 15) is 8.42 Å². The highest BCUT2D eigenvalue weighted by Crippen LogP contribution is 2.23. The predicted molar refractivity (Wildman–Crippen MR) is 79.2 cm³/mol. The van der Waals surface area contributed by atoms with Crippen LogP contribution in [0, 0.1) is 0 Å². The zero-order chi connectivity index (χ0) is 14.6. The van der Waals surface area contributed by atoms with E-state index < -0.39 is 10.0 Å². The molecule has 1 fully saturated rings. The highest BCUT2D eigenvalue weighted by atomic mass is 32.2. The maximum Gasteiger partial charge on any atom is 0.240 e. The lowest BCUT2D eigenvalue weighted by Crippen LogP contribution is -2.27. The second-order valence-corrected chi connectivity index (χ2v) is 6.71. The van der Waals surface area contributed by atoms with Crippen LogP contribution in [0.25, 0.3) is 0 Å². The Morgan fingerprint density at radius 3 is 2.80 bits per heavy atom. The first kappa shape index (κ1) is 15.1. The summed E-state index contributed by atoms with van der Waals surface area (Å²) in [5.41, 5.74) is 7.04. The van der Waals surface area contributed by atoms with Gasteiger partial charge in [0.1, 0.15) is 0 Å². The van der Waals surface area contributed by atoms with Crippen LogP contribution in [0.4, 0.5) is 11.4 Å². The zero-order valence-corrected chi connectivity index (χ0v) is 12.4. The summed E-state index contributed by atoms with van der Waals surface area (Å²) in [7, 11) is -2.08. The molecule has 1 saturated heterocycles. The lowest BCUT2D eigenvalue weighted by atomic mass is 10.1. The smallest absolute Gasteiger partial charge is 0.240 e. The molecule has 0 aromatic heterocycles. The van der Waals surface area contributed by atoms with Gasteiger partial charge in [-0.15, -0.1) is 0 Å². The fraction of sp³-hybridized carbons (Fsp3) is 0.538. The van der Waals surface area contributed by atoms with Crippen LogP contribution in [-0.4, -0.2) is 34.7 Å². The Morgan fingerprint density at radius 2 is 2.20 bits per heavy atom. The highest BCUT2D eigenvalue weighted by Gasteiger charge is 2.15. The molecule has 0 radical (unpaired) electrons. The molecule has 1 aromatic carbocycles. The van der Waals surface area contributed by atoms with E-state index >= 15 is 0 Å². The molecule has 0 amide bonds. The Labute approximate surface area is 119 Å². The molecule has 1 atom stereocenters. The summed E-state index contributed by atoms with van der Waals surface area (Å²) >= 11 is 0. The maximum atomic E-state index is 11.7. The highest BCUT2D eigenvalue weighted by molar-refractivity contribution is 7.89. The van der Waals surface area contributed by atoms with Gasteiger partial charge >= 0.3 is 0 Å². The van der Waals surface area contributed by atoms with Gasteiger partial charge < -0.3 is 15.8 Å². The fourth-order valence-electron chi connectivity index (χ4n) is 2.18. The molecule has 1 aliphatic heterocycles. The van der Waals surface area contributed by atoms with Crippen LogP contribution in [0.15, 0.2) is 23.1 Å². The molecule has 0 spiro atoms. The van der Waals surface area contributed by atoms with Crippen molar-refractivity contribution < 1.29 is 13.2 Å². The first-order valence-electron chi connectivity index (χ1n) is 6.71. The number of rotatable bonds is 5. The number of nitrogen functional groups attached to an aromatic ring is 1. The van der Waals surface area contributed by atoms with Crippen LogP contribution in [0.1, 0.15) is 19.3 Å². The first-order valence-corrected chi connectivity index (χ1v) is 8.20. The number of hydrogen-bond acceptors (Lipinski definition) is 5. The summed E-state index contributed by atoms with van der Waals surface area (Å²) in [6.45, 7) is 1.49. The summed E-state index contributed by atoms with van der Waals surface area (Å²) < 4.78 is 31.2. The van der Waals surface area contributed by atoms with Gasteiger partial charge in [0.25, 0.3) is 0 Å². The van der Waals surface area contributed by atoms with Crippen molar-refractivity contribution in [1.82, 2.24) is 4.72 Å². The topological polar surface area (TPSA) is 93.5 Å². The van der Waals surface area contributed by atoms with E-state index in [1.54, 1.807) is 6.07 Å². The third-order valence-electron chi connectivity index (χ3n) is 3.40. The van der Waals surface area contributed by atoms with Gasteiger partial charge in [-0.1, -0.05) is 0 Å². The largest absolute Gasteiger partial charge is 0.397 e. The minimum Gasteiger partial charge on any atom is -0.397 e. The van der Waals surface area contributed by atoms with Gasteiger partial charge in [0.05, 0.1) is 22.4 Å². The van der Waals surface area contributed by atoms with Crippen molar-refractivity contribution in [2.75, 3.05) is 31.2 Å². The minimum absolute atomic E-state index is 0.164. The van der Waals surface area contributed by atoms with E-state index in [4.69, 9.17) is 10.5 Å². The van der Waals surface area contributed by atoms with E-state index in [0.717, 1.165) is 25.1 Å². The standard InChI is InChI=1S/C13H21N3O3S/c1-15-20(17,18)11-5-6-13(12(14)8-11)16-9-10-4-2-3-7-19-10/h5-6,8,10,15-16H,2-4,7,9,14H2,1H3. The summed E-state index contributed by atoms with van der Waals surface area (Å²) in [6.07, 6.45) is 3.54. The number of hydrogen-bond donors (Lipinski definition) is 3. The van der Waals surface area contributed by atoms with Crippen LogP contribution < -0.4 is 15.8 Å². The van der Waals surface area contributed by atoms with Crippen LogP contribution in [-0.2, 0) is 14.8 Å². The molecule has 20 heavy (non-hydrogen) atoms. The summed E-state index contributed by atoms with van der Waals surface area (Å²) in [5, 5.41) is 3.21. The first-order chi connectivity index (χ1) is 9.53. The van der Waals surface area contributed by atoms with Crippen molar-refractivity contribution in [3.05, 3.63) is 18.2 Å². The Morgan fingerprint density at radius 1 is 1.40 bits per heavy atom. The fourth-order valence-corrected chi connectivity index (χ4v) is 2.94. The van der Waals surface area contributed by atoms with Crippen LogP contribution >= 0.6 is 0 Å². The second-order valence-electron chi connectivity index (χ2n) is 4.83. The predicted octanol–water partition coefficient (Wildman–Crippen LogP) is 1.16. The molecule has 2 rings (SSSR count). The van der Waals surface area contributed by atoms with Gasteiger partial charge in [0.2, 0.25) is 10.0 Å². The number of ether oxygens (including phenoxy) is 1. The van der Waals surface area contributed by atoms with Gasteiger partial charge in [0.15, 0.2) is 0 Å². The number of sulfonamides is 1. The maximum absolute atomic E-state index is 11.7. The Bertz CT molecular complexity index is 554. The van der Waals surface area contributed by atoms with Crippen molar-refractivity contribution in [2.45, 2.75) is 30.3 Å². The van der Waals surface area contributed by atoms with E-state index in [-0.39, 0.29) is 11.0 Å². The third kappa shape index (κ3) is 3.62. The van der Waals surface area contributed by atoms with Crippen LogP contribution in [0.5, 0.6) is 0 Å². The van der Waals surface area contributed by atoms with Crippen LogP contribution in [0.3, 0.4) is 0 Å². The van der Waals surface area contributed by atoms with E-state index in [2.05, 4.69) is 10.0 Å². The lowest BCUT2D eigenvalue weighted by molar-refractivity contribution is 0.0248. The molecule has 1 unspecified atom stereocenters. The van der Waals surface area contributed by atoms with Crippen molar-refractivity contribution in [3.63, 3.8) is 0 Å². The molecule has 0 aliphatic carbocycles. The molecule has 1 aromatic rings. The van der Waals surface area contributed by atoms with Gasteiger partial charge in [-0.05, 0) is 44.5 Å². The molecule has 4 N–H and O–H groups in total. The SMILES string of the molecule is CNS(=O)(=O)c1ccc(NCC2CCCCO2)c(N)c1. The van der Waals surface area contributed by atoms with Crippen molar-refractivity contribution >= 4 is 21.4 Å². The van der Waals surface area contributed by atoms with Crippen LogP contribution in [0.2, 0.25) is 0 Å². The summed E-state index contributed by atoms with van der Waals surface area (Å²) in [6, 6.07) is 4.67. The van der Waals surface area contributed by atoms with E-state index in [0.29, 0.717) is 12.2 Å². The van der Waals surface area contributed by atoms with Gasteiger partial charge in [-0.25, -0.2) is 13.1 Å². The number of anilines is 2. The minimum atomic E-state index is -3.46. The zero-order valence-electron chi connectivity index (χ0n) is 11.6. The second kappa shape index (κ2) is 6.43. The van der Waals surface area contributed by atoms with Gasteiger partial charge in [-0.2, -0.15) is 0 Å². The molecule has 112 valence electrons. The Hall–Kier alpha value is -1.31. The summed E-state index contributed by atoms with van der Waals surface area (Å²) in [4.78, 5) is 0.164. The molecule has 1 heterocycles. The van der Waals surface area contributed by atoms with Gasteiger partial charge in [0, 0.05) is 13.2 Å². The normalized spacial score (nSPS) is 19.8. The van der Waals surface area contributed by atoms with Crippen molar-refractivity contribution in [1.29, 1.82) is 0 Å². The number of nitrogens with one attached hydrogen (secondary N) is 2. The lowest BCUT2D eigenvalue weighted by Gasteiger charge is -2.23. The van der Waals surface area contributed by atoms with Crippen molar-refractivity contribution in [2.24, 2.45) is 0 Å². The monoisotopic (exact) mass is 299 g/mol. The average molecular weight is 299 g/mol. The molecule has 0 bridgehead atoms. The quantitative estimate of drug-likeness (QED) is 0.709. The van der Waals surface area contributed by atoms with Crippen molar-refractivity contribution in [3.8, 4) is 0 Å². The van der Waals surface area contributed by atoms with E-state index in [1.165, 1.54) is 25.6 Å². The number of benzene rings is 1. The average Bonchev–Trinajstić information content (AvgIpc) is 2.47.